The standard InChI is InChI=1S/C12H13FN2O5/c13-6-2-1-3-8(16)10(6)11(18)15-7(12(19)20)4-5-9(14)17/h1-3,7,16H,4-5H2,(H2,14,17)(H,15,18)(H,19,20)/t7-/m1/s1. The van der Waals surface area contributed by atoms with Crippen LogP contribution in [0.1, 0.15) is 23.2 Å². The van der Waals surface area contributed by atoms with E-state index in [-0.39, 0.29) is 12.8 Å². The first-order valence-corrected chi connectivity index (χ1v) is 5.62. The van der Waals surface area contributed by atoms with E-state index in [0.717, 1.165) is 12.1 Å². The fraction of sp³-hybridized carbons (Fsp3) is 0.250. The molecule has 0 bridgehead atoms. The molecule has 0 aromatic heterocycles. The van der Waals surface area contributed by atoms with Gasteiger partial charge in [-0.1, -0.05) is 6.07 Å². The second-order valence-corrected chi connectivity index (χ2v) is 4.00. The zero-order valence-electron chi connectivity index (χ0n) is 10.3. The molecule has 2 amide bonds. The lowest BCUT2D eigenvalue weighted by atomic mass is 10.1. The van der Waals surface area contributed by atoms with Crippen molar-refractivity contribution in [1.29, 1.82) is 0 Å². The van der Waals surface area contributed by atoms with Crippen LogP contribution in [0.3, 0.4) is 0 Å². The summed E-state index contributed by atoms with van der Waals surface area (Å²) in [7, 11) is 0. The largest absolute Gasteiger partial charge is 0.507 e. The molecule has 0 unspecified atom stereocenters. The number of rotatable bonds is 6. The Morgan fingerprint density at radius 1 is 1.35 bits per heavy atom. The third-order valence-corrected chi connectivity index (χ3v) is 2.50. The molecule has 0 spiro atoms. The number of carboxylic acid groups (broad SMARTS) is 1. The summed E-state index contributed by atoms with van der Waals surface area (Å²) >= 11 is 0. The first-order valence-electron chi connectivity index (χ1n) is 5.62. The number of phenolic OH excluding ortho intramolecular Hbond substituents is 1. The van der Waals surface area contributed by atoms with Gasteiger partial charge in [0.1, 0.15) is 23.2 Å². The topological polar surface area (TPSA) is 130 Å². The Morgan fingerprint density at radius 3 is 2.50 bits per heavy atom. The van der Waals surface area contributed by atoms with Gasteiger partial charge in [0.25, 0.3) is 5.91 Å². The highest BCUT2D eigenvalue weighted by Crippen LogP contribution is 2.19. The quantitative estimate of drug-likeness (QED) is 0.583. The molecule has 0 saturated heterocycles. The number of halogens is 1. The van der Waals surface area contributed by atoms with Crippen molar-refractivity contribution in [3.8, 4) is 5.75 Å². The predicted molar refractivity (Wildman–Crippen MR) is 65.4 cm³/mol. The van der Waals surface area contributed by atoms with Crippen LogP contribution in [-0.2, 0) is 9.59 Å². The third-order valence-electron chi connectivity index (χ3n) is 2.50. The van der Waals surface area contributed by atoms with Crippen molar-refractivity contribution in [2.24, 2.45) is 5.73 Å². The van der Waals surface area contributed by atoms with Crippen LogP contribution in [0.2, 0.25) is 0 Å². The molecule has 0 aliphatic heterocycles. The number of carboxylic acids is 1. The van der Waals surface area contributed by atoms with Crippen LogP contribution in [0.4, 0.5) is 4.39 Å². The summed E-state index contributed by atoms with van der Waals surface area (Å²) in [5.41, 5.74) is 4.23. The smallest absolute Gasteiger partial charge is 0.326 e. The van der Waals surface area contributed by atoms with Crippen LogP contribution in [-0.4, -0.2) is 34.0 Å². The van der Waals surface area contributed by atoms with Gasteiger partial charge in [0.15, 0.2) is 0 Å². The van der Waals surface area contributed by atoms with Gasteiger partial charge in [-0.05, 0) is 18.6 Å². The Labute approximate surface area is 113 Å². The Morgan fingerprint density at radius 2 is 2.00 bits per heavy atom. The van der Waals surface area contributed by atoms with E-state index in [4.69, 9.17) is 10.8 Å². The highest BCUT2D eigenvalue weighted by atomic mass is 19.1. The maximum atomic E-state index is 13.4. The minimum absolute atomic E-state index is 0.231. The summed E-state index contributed by atoms with van der Waals surface area (Å²) < 4.78 is 13.4. The molecule has 1 aromatic carbocycles. The first kappa shape index (κ1) is 15.4. The minimum atomic E-state index is -1.41. The van der Waals surface area contributed by atoms with E-state index in [9.17, 15) is 23.9 Å². The molecule has 0 aliphatic carbocycles. The van der Waals surface area contributed by atoms with Crippen molar-refractivity contribution >= 4 is 17.8 Å². The average molecular weight is 284 g/mol. The van der Waals surface area contributed by atoms with Crippen molar-refractivity contribution in [1.82, 2.24) is 5.32 Å². The predicted octanol–water partition coefficient (Wildman–Crippen LogP) is -0.0202. The molecule has 7 nitrogen and oxygen atoms in total. The summed E-state index contributed by atoms with van der Waals surface area (Å²) in [5.74, 6) is -4.80. The number of carbonyl (C=O) groups excluding carboxylic acids is 2. The van der Waals surface area contributed by atoms with Gasteiger partial charge in [-0.2, -0.15) is 0 Å². The van der Waals surface area contributed by atoms with Gasteiger partial charge in [-0.25, -0.2) is 9.18 Å². The van der Waals surface area contributed by atoms with Gasteiger partial charge in [0.2, 0.25) is 5.91 Å². The number of amides is 2. The normalized spacial score (nSPS) is 11.7. The number of nitrogens with one attached hydrogen (secondary N) is 1. The summed E-state index contributed by atoms with van der Waals surface area (Å²) in [6, 6.07) is 1.84. The Hall–Kier alpha value is -2.64. The molecule has 1 rings (SSSR count). The number of aromatic hydroxyl groups is 1. The second-order valence-electron chi connectivity index (χ2n) is 4.00. The van der Waals surface area contributed by atoms with E-state index in [2.05, 4.69) is 0 Å². The monoisotopic (exact) mass is 284 g/mol. The van der Waals surface area contributed by atoms with Gasteiger partial charge in [0.05, 0.1) is 0 Å². The molecule has 1 aromatic rings. The lowest BCUT2D eigenvalue weighted by Gasteiger charge is -2.14. The van der Waals surface area contributed by atoms with Gasteiger partial charge < -0.3 is 21.3 Å². The number of benzene rings is 1. The van der Waals surface area contributed by atoms with E-state index in [1.54, 1.807) is 0 Å². The summed E-state index contributed by atoms with van der Waals surface area (Å²) in [6.07, 6.45) is -0.480. The maximum absolute atomic E-state index is 13.4. The molecular weight excluding hydrogens is 271 g/mol. The van der Waals surface area contributed by atoms with Crippen LogP contribution in [0.15, 0.2) is 18.2 Å². The van der Waals surface area contributed by atoms with Crippen LogP contribution >= 0.6 is 0 Å². The summed E-state index contributed by atoms with van der Waals surface area (Å²) in [5, 5.41) is 20.3. The molecule has 108 valence electrons. The molecule has 0 heterocycles. The van der Waals surface area contributed by atoms with Gasteiger partial charge in [-0.15, -0.1) is 0 Å². The van der Waals surface area contributed by atoms with Crippen LogP contribution in [0, 0.1) is 5.82 Å². The third kappa shape index (κ3) is 3.94. The van der Waals surface area contributed by atoms with Crippen LogP contribution < -0.4 is 11.1 Å². The van der Waals surface area contributed by atoms with Gasteiger partial charge >= 0.3 is 5.97 Å². The molecular formula is C12H13FN2O5. The first-order chi connectivity index (χ1) is 9.32. The van der Waals surface area contributed by atoms with E-state index >= 15 is 0 Å². The van der Waals surface area contributed by atoms with Crippen molar-refractivity contribution in [3.05, 3.63) is 29.6 Å². The zero-order chi connectivity index (χ0) is 15.3. The number of nitrogens with two attached hydrogens (primary N) is 1. The molecule has 0 radical (unpaired) electrons. The number of hydrogen-bond donors (Lipinski definition) is 4. The fourth-order valence-corrected chi connectivity index (χ4v) is 1.51. The highest BCUT2D eigenvalue weighted by molar-refractivity contribution is 5.99. The number of aliphatic carboxylic acids is 1. The Kier molecular flexibility index (Phi) is 5.01. The molecule has 20 heavy (non-hydrogen) atoms. The molecule has 0 saturated carbocycles. The van der Waals surface area contributed by atoms with E-state index in [0.29, 0.717) is 0 Å². The van der Waals surface area contributed by atoms with Crippen LogP contribution in [0.25, 0.3) is 0 Å². The molecule has 0 aliphatic rings. The SMILES string of the molecule is NC(=O)CC[C@@H](NC(=O)c1c(O)cccc1F)C(=O)O. The minimum Gasteiger partial charge on any atom is -0.507 e. The maximum Gasteiger partial charge on any atom is 0.326 e. The second kappa shape index (κ2) is 6.50. The van der Waals surface area contributed by atoms with Crippen LogP contribution in [0.5, 0.6) is 5.75 Å². The average Bonchev–Trinajstić information content (AvgIpc) is 2.33. The van der Waals surface area contributed by atoms with E-state index in [1.165, 1.54) is 6.07 Å². The lowest BCUT2D eigenvalue weighted by Crippen LogP contribution is -2.41. The number of primary amides is 1. The molecule has 8 heteroatoms. The lowest BCUT2D eigenvalue weighted by molar-refractivity contribution is -0.139. The number of carbonyl (C=O) groups is 3. The van der Waals surface area contributed by atoms with Gasteiger partial charge in [-0.3, -0.25) is 9.59 Å². The van der Waals surface area contributed by atoms with Gasteiger partial charge in [0, 0.05) is 6.42 Å². The number of hydrogen-bond acceptors (Lipinski definition) is 4. The molecule has 0 fully saturated rings. The van der Waals surface area contributed by atoms with E-state index < -0.39 is 41.0 Å². The summed E-state index contributed by atoms with van der Waals surface area (Å²) in [6.45, 7) is 0. The molecule has 5 N–H and O–H groups in total. The van der Waals surface area contributed by atoms with Crippen molar-refractivity contribution in [3.63, 3.8) is 0 Å². The summed E-state index contributed by atoms with van der Waals surface area (Å²) in [4.78, 5) is 33.3. The van der Waals surface area contributed by atoms with Crippen molar-refractivity contribution in [2.75, 3.05) is 0 Å². The van der Waals surface area contributed by atoms with E-state index in [1.807, 2.05) is 5.32 Å². The van der Waals surface area contributed by atoms with Crippen molar-refractivity contribution < 1.29 is 29.0 Å². The Balaban J connectivity index is 2.86. The Bertz CT molecular complexity index is 526. The fourth-order valence-electron chi connectivity index (χ4n) is 1.51. The number of phenols is 1. The zero-order valence-corrected chi connectivity index (χ0v) is 10.3. The van der Waals surface area contributed by atoms with Crippen molar-refractivity contribution in [2.45, 2.75) is 18.9 Å². The highest BCUT2D eigenvalue weighted by Gasteiger charge is 2.24. The molecule has 1 atom stereocenters.